The molecule has 1 aliphatic rings. The molecular weight excluding hydrogens is 295 g/mol. The summed E-state index contributed by atoms with van der Waals surface area (Å²) >= 11 is 0. The van der Waals surface area contributed by atoms with Crippen LogP contribution in [0.2, 0.25) is 0 Å². The highest BCUT2D eigenvalue weighted by Gasteiger charge is 2.43. The molecular formula is C11H6F3N3O2S. The summed E-state index contributed by atoms with van der Waals surface area (Å²) in [4.78, 5) is 2.97. The lowest BCUT2D eigenvalue weighted by Gasteiger charge is -2.12. The summed E-state index contributed by atoms with van der Waals surface area (Å²) in [7, 11) is -2.92. The molecule has 1 aromatic carbocycles. The van der Waals surface area contributed by atoms with E-state index in [0.29, 0.717) is 0 Å². The molecule has 9 heteroatoms. The van der Waals surface area contributed by atoms with Crippen LogP contribution in [0, 0.1) is 11.6 Å². The van der Waals surface area contributed by atoms with Crippen LogP contribution in [-0.2, 0) is 10.3 Å². The molecule has 20 heavy (non-hydrogen) atoms. The van der Waals surface area contributed by atoms with Crippen molar-refractivity contribution in [3.63, 3.8) is 0 Å². The van der Waals surface area contributed by atoms with Crippen LogP contribution in [0.1, 0.15) is 23.6 Å². The Balaban J connectivity index is 2.31. The smallest absolute Gasteiger partial charge is 0.219 e. The van der Waals surface area contributed by atoms with E-state index in [2.05, 4.69) is 10.1 Å². The van der Waals surface area contributed by atoms with Crippen molar-refractivity contribution >= 4 is 15.2 Å². The number of hydrogen-bond acceptors (Lipinski definition) is 4. The van der Waals surface area contributed by atoms with Crippen LogP contribution in [0.25, 0.3) is 0 Å². The minimum absolute atomic E-state index is 0.252. The van der Waals surface area contributed by atoms with Crippen molar-refractivity contribution < 1.29 is 21.6 Å². The van der Waals surface area contributed by atoms with Crippen LogP contribution < -0.4 is 0 Å². The molecule has 1 aliphatic heterocycles. The first-order valence-corrected chi connectivity index (χ1v) is 6.52. The molecule has 0 N–H and O–H groups in total. The van der Waals surface area contributed by atoms with Crippen molar-refractivity contribution in [2.75, 3.05) is 0 Å². The highest BCUT2D eigenvalue weighted by molar-refractivity contribution is 7.73. The fraction of sp³-hybridized carbons (Fsp3) is 0.182. The third kappa shape index (κ3) is 1.73. The Morgan fingerprint density at radius 1 is 1.25 bits per heavy atom. The van der Waals surface area contributed by atoms with Gasteiger partial charge in [0.15, 0.2) is 12.0 Å². The van der Waals surface area contributed by atoms with Crippen LogP contribution in [0.3, 0.4) is 0 Å². The predicted octanol–water partition coefficient (Wildman–Crippen LogP) is 1.22. The molecule has 2 heterocycles. The highest BCUT2D eigenvalue weighted by Crippen LogP contribution is 2.37. The van der Waals surface area contributed by atoms with E-state index < -0.39 is 39.0 Å². The summed E-state index contributed by atoms with van der Waals surface area (Å²) in [6.07, 6.45) is -1.00. The first-order chi connectivity index (χ1) is 9.50. The average molecular weight is 301 g/mol. The summed E-state index contributed by atoms with van der Waals surface area (Å²) in [5.74, 6) is -1.87. The van der Waals surface area contributed by atoms with Gasteiger partial charge < -0.3 is 0 Å². The van der Waals surface area contributed by atoms with Crippen LogP contribution >= 0.6 is 0 Å². The zero-order valence-electron chi connectivity index (χ0n) is 9.66. The molecule has 0 aliphatic carbocycles. The van der Waals surface area contributed by atoms with Gasteiger partial charge in [0.05, 0.1) is 0 Å². The zero-order valence-corrected chi connectivity index (χ0v) is 10.5. The highest BCUT2D eigenvalue weighted by atomic mass is 32.2. The second-order valence-electron chi connectivity index (χ2n) is 4.13. The van der Waals surface area contributed by atoms with E-state index in [-0.39, 0.29) is 11.4 Å². The van der Waals surface area contributed by atoms with Gasteiger partial charge >= 0.3 is 0 Å². The fourth-order valence-corrected chi connectivity index (χ4v) is 2.89. The SMILES string of the molecule is O=S(=O)=C1C(F)c2ncnn2C1c1cc(F)ccc1F. The van der Waals surface area contributed by atoms with Crippen molar-refractivity contribution in [2.24, 2.45) is 0 Å². The van der Waals surface area contributed by atoms with Crippen LogP contribution in [-0.4, -0.2) is 28.0 Å². The number of aromatic nitrogens is 3. The third-order valence-corrected chi connectivity index (χ3v) is 3.85. The van der Waals surface area contributed by atoms with Gasteiger partial charge in [0.1, 0.15) is 28.9 Å². The fourth-order valence-electron chi connectivity index (χ4n) is 2.21. The molecule has 0 radical (unpaired) electrons. The van der Waals surface area contributed by atoms with Crippen LogP contribution in [0.4, 0.5) is 13.2 Å². The van der Waals surface area contributed by atoms with Gasteiger partial charge in [-0.2, -0.15) is 13.5 Å². The van der Waals surface area contributed by atoms with E-state index in [9.17, 15) is 21.6 Å². The number of fused-ring (bicyclic) bond motifs is 1. The number of alkyl halides is 1. The summed E-state index contributed by atoms with van der Waals surface area (Å²) < 4.78 is 64.5. The molecule has 0 fully saturated rings. The lowest BCUT2D eigenvalue weighted by atomic mass is 10.0. The van der Waals surface area contributed by atoms with Gasteiger partial charge in [0, 0.05) is 5.56 Å². The minimum Gasteiger partial charge on any atom is -0.234 e. The Morgan fingerprint density at radius 3 is 2.70 bits per heavy atom. The molecule has 2 atom stereocenters. The van der Waals surface area contributed by atoms with E-state index in [1.807, 2.05) is 0 Å². The normalized spacial score (nSPS) is 21.1. The monoisotopic (exact) mass is 301 g/mol. The molecule has 0 saturated carbocycles. The maximum atomic E-state index is 14.1. The largest absolute Gasteiger partial charge is 0.234 e. The summed E-state index contributed by atoms with van der Waals surface area (Å²) in [6.45, 7) is 0. The standard InChI is InChI=1S/C11H6F3N3O2S/c12-5-1-2-7(13)6(3-5)9-10(20(18)19)8(14)11-15-4-16-17(9)11/h1-4,8-9H. The second-order valence-corrected chi connectivity index (χ2v) is 5.07. The molecule has 0 saturated heterocycles. The van der Waals surface area contributed by atoms with Gasteiger partial charge in [-0.25, -0.2) is 22.8 Å². The summed E-state index contributed by atoms with van der Waals surface area (Å²) in [5, 5.41) is 3.69. The first kappa shape index (κ1) is 12.9. The number of hydrogen-bond donors (Lipinski definition) is 0. The minimum atomic E-state index is -2.92. The Hall–Kier alpha value is -2.16. The van der Waals surface area contributed by atoms with Gasteiger partial charge in [0.25, 0.3) is 0 Å². The molecule has 2 unspecified atom stereocenters. The second kappa shape index (κ2) is 4.44. The Morgan fingerprint density at radius 2 is 2.00 bits per heavy atom. The van der Waals surface area contributed by atoms with Gasteiger partial charge in [-0.1, -0.05) is 0 Å². The topological polar surface area (TPSA) is 64.8 Å². The Kier molecular flexibility index (Phi) is 2.85. The molecule has 0 amide bonds. The number of benzene rings is 1. The van der Waals surface area contributed by atoms with E-state index in [1.54, 1.807) is 0 Å². The van der Waals surface area contributed by atoms with Gasteiger partial charge in [-0.05, 0) is 18.2 Å². The molecule has 0 bridgehead atoms. The molecule has 1 aromatic heterocycles. The van der Waals surface area contributed by atoms with Gasteiger partial charge in [-0.3, -0.25) is 0 Å². The first-order valence-electron chi connectivity index (χ1n) is 5.45. The van der Waals surface area contributed by atoms with Crippen molar-refractivity contribution in [3.05, 3.63) is 47.5 Å². The van der Waals surface area contributed by atoms with E-state index >= 15 is 0 Å². The van der Waals surface area contributed by atoms with Crippen molar-refractivity contribution in [3.8, 4) is 0 Å². The van der Waals surface area contributed by atoms with E-state index in [1.165, 1.54) is 0 Å². The van der Waals surface area contributed by atoms with Crippen molar-refractivity contribution in [1.82, 2.24) is 14.8 Å². The van der Waals surface area contributed by atoms with Gasteiger partial charge in [-0.15, -0.1) is 0 Å². The van der Waals surface area contributed by atoms with Crippen LogP contribution in [0.5, 0.6) is 0 Å². The molecule has 2 aromatic rings. The van der Waals surface area contributed by atoms with Crippen molar-refractivity contribution in [2.45, 2.75) is 12.2 Å². The quantitative estimate of drug-likeness (QED) is 0.743. The lowest BCUT2D eigenvalue weighted by Crippen LogP contribution is -2.18. The Bertz CT molecular complexity index is 823. The lowest BCUT2D eigenvalue weighted by molar-refractivity contribution is 0.430. The van der Waals surface area contributed by atoms with Crippen LogP contribution in [0.15, 0.2) is 24.5 Å². The third-order valence-electron chi connectivity index (χ3n) is 3.04. The van der Waals surface area contributed by atoms with E-state index in [4.69, 9.17) is 0 Å². The summed E-state index contributed by atoms with van der Waals surface area (Å²) in [5.41, 5.74) is -0.309. The van der Waals surface area contributed by atoms with Gasteiger partial charge in [0.2, 0.25) is 10.3 Å². The predicted molar refractivity (Wildman–Crippen MR) is 62.3 cm³/mol. The maximum Gasteiger partial charge on any atom is 0.219 e. The molecule has 3 rings (SSSR count). The number of nitrogens with zero attached hydrogens (tertiary/aromatic N) is 3. The van der Waals surface area contributed by atoms with E-state index in [0.717, 1.165) is 29.2 Å². The summed E-state index contributed by atoms with van der Waals surface area (Å²) in [6, 6.07) is 1.18. The number of halogens is 3. The molecule has 0 spiro atoms. The average Bonchev–Trinajstić information content (AvgIpc) is 2.95. The Labute approximate surface area is 112 Å². The molecule has 104 valence electrons. The van der Waals surface area contributed by atoms with Crippen molar-refractivity contribution in [1.29, 1.82) is 0 Å². The maximum absolute atomic E-state index is 14.1. The molecule has 5 nitrogen and oxygen atoms in total. The zero-order chi connectivity index (χ0) is 14.4. The number of rotatable bonds is 1.